The van der Waals surface area contributed by atoms with Crippen LogP contribution >= 0.6 is 11.3 Å². The smallest absolute Gasteiger partial charge is 0.256 e. The number of hydrogen-bond acceptors (Lipinski definition) is 4. The molecule has 2 aromatic carbocycles. The Morgan fingerprint density at radius 1 is 0.931 bits per heavy atom. The molecule has 0 saturated heterocycles. The number of nitrogens with one attached hydrogen (secondary N) is 2. The van der Waals surface area contributed by atoms with Crippen LogP contribution < -0.4 is 10.6 Å². The maximum absolute atomic E-state index is 13.0. The van der Waals surface area contributed by atoms with Crippen molar-refractivity contribution < 1.29 is 14.4 Å². The molecule has 0 atom stereocenters. The van der Waals surface area contributed by atoms with Crippen molar-refractivity contribution in [3.63, 3.8) is 0 Å². The van der Waals surface area contributed by atoms with E-state index in [2.05, 4.69) is 10.6 Å². The van der Waals surface area contributed by atoms with E-state index in [9.17, 15) is 14.4 Å². The molecular weight excluding hydrogens is 386 g/mol. The number of anilines is 1. The first-order chi connectivity index (χ1) is 14.0. The van der Waals surface area contributed by atoms with Crippen molar-refractivity contribution in [3.05, 3.63) is 87.6 Å². The van der Waals surface area contributed by atoms with Crippen molar-refractivity contribution in [1.82, 2.24) is 10.2 Å². The average Bonchev–Trinajstić information content (AvgIpc) is 3.28. The molecule has 3 rings (SSSR count). The Kier molecular flexibility index (Phi) is 6.41. The van der Waals surface area contributed by atoms with E-state index in [0.717, 1.165) is 5.56 Å². The van der Waals surface area contributed by atoms with Gasteiger partial charge < -0.3 is 15.5 Å². The summed E-state index contributed by atoms with van der Waals surface area (Å²) in [5, 5.41) is 8.98. The fourth-order valence-corrected chi connectivity index (χ4v) is 3.46. The number of thiophene rings is 1. The van der Waals surface area contributed by atoms with Gasteiger partial charge in [0.25, 0.3) is 17.7 Å². The largest absolute Gasteiger partial charge is 0.355 e. The van der Waals surface area contributed by atoms with Gasteiger partial charge in [0.2, 0.25) is 0 Å². The number of carbonyl (C=O) groups excluding carboxylic acids is 3. The first-order valence-corrected chi connectivity index (χ1v) is 9.93. The Morgan fingerprint density at radius 2 is 1.66 bits per heavy atom. The number of hydrogen-bond donors (Lipinski definition) is 2. The summed E-state index contributed by atoms with van der Waals surface area (Å²) in [6, 6.07) is 15.8. The Morgan fingerprint density at radius 3 is 2.31 bits per heavy atom. The Balaban J connectivity index is 1.72. The summed E-state index contributed by atoms with van der Waals surface area (Å²) in [6.45, 7) is 0.375. The SMILES string of the molecule is CNC(=O)c1ccc(CN(C)C(=O)c2ccccc2NC(=O)c2ccsc2)cc1. The van der Waals surface area contributed by atoms with E-state index in [1.165, 1.54) is 11.3 Å². The molecule has 0 aliphatic heterocycles. The highest BCUT2D eigenvalue weighted by molar-refractivity contribution is 7.08. The third-order valence-corrected chi connectivity index (χ3v) is 5.08. The molecule has 3 aromatic rings. The van der Waals surface area contributed by atoms with E-state index in [0.29, 0.717) is 28.9 Å². The molecule has 1 aromatic heterocycles. The van der Waals surface area contributed by atoms with Gasteiger partial charge in [0.1, 0.15) is 0 Å². The van der Waals surface area contributed by atoms with Crippen LogP contribution in [0.3, 0.4) is 0 Å². The van der Waals surface area contributed by atoms with Gasteiger partial charge in [0.15, 0.2) is 0 Å². The summed E-state index contributed by atoms with van der Waals surface area (Å²) < 4.78 is 0. The van der Waals surface area contributed by atoms with Gasteiger partial charge in [-0.15, -0.1) is 0 Å². The lowest BCUT2D eigenvalue weighted by Gasteiger charge is -2.19. The van der Waals surface area contributed by atoms with E-state index >= 15 is 0 Å². The van der Waals surface area contributed by atoms with Crippen LogP contribution in [0.5, 0.6) is 0 Å². The number of benzene rings is 2. The molecule has 148 valence electrons. The van der Waals surface area contributed by atoms with Crippen LogP contribution in [0.15, 0.2) is 65.4 Å². The van der Waals surface area contributed by atoms with Crippen molar-refractivity contribution in [3.8, 4) is 0 Å². The lowest BCUT2D eigenvalue weighted by Crippen LogP contribution is -2.27. The molecule has 0 spiro atoms. The molecule has 0 aliphatic carbocycles. The molecule has 0 bridgehead atoms. The van der Waals surface area contributed by atoms with Crippen LogP contribution in [0.2, 0.25) is 0 Å². The Bertz CT molecular complexity index is 1010. The summed E-state index contributed by atoms with van der Waals surface area (Å²) in [5.41, 5.74) is 2.90. The zero-order valence-electron chi connectivity index (χ0n) is 16.1. The highest BCUT2D eigenvalue weighted by Crippen LogP contribution is 2.20. The Labute approximate surface area is 173 Å². The monoisotopic (exact) mass is 407 g/mol. The highest BCUT2D eigenvalue weighted by atomic mass is 32.1. The van der Waals surface area contributed by atoms with Crippen molar-refractivity contribution in [1.29, 1.82) is 0 Å². The topological polar surface area (TPSA) is 78.5 Å². The van der Waals surface area contributed by atoms with Crippen molar-refractivity contribution in [2.75, 3.05) is 19.4 Å². The van der Waals surface area contributed by atoms with Gasteiger partial charge in [-0.05, 0) is 41.3 Å². The molecule has 1 heterocycles. The molecule has 7 heteroatoms. The fourth-order valence-electron chi connectivity index (χ4n) is 2.82. The predicted molar refractivity (Wildman–Crippen MR) is 114 cm³/mol. The zero-order chi connectivity index (χ0) is 20.8. The summed E-state index contributed by atoms with van der Waals surface area (Å²) in [5.74, 6) is -0.614. The molecule has 0 fully saturated rings. The van der Waals surface area contributed by atoms with Crippen LogP contribution in [0.25, 0.3) is 0 Å². The van der Waals surface area contributed by atoms with E-state index in [4.69, 9.17) is 0 Å². The standard InChI is InChI=1S/C22H21N3O3S/c1-23-20(26)16-9-7-15(8-10-16)13-25(2)22(28)18-5-3-4-6-19(18)24-21(27)17-11-12-29-14-17/h3-12,14H,13H2,1-2H3,(H,23,26)(H,24,27). The maximum atomic E-state index is 13.0. The molecule has 0 aliphatic rings. The van der Waals surface area contributed by atoms with Gasteiger partial charge in [-0.2, -0.15) is 11.3 Å². The van der Waals surface area contributed by atoms with Gasteiger partial charge in [0, 0.05) is 31.6 Å². The minimum atomic E-state index is -0.251. The van der Waals surface area contributed by atoms with Crippen molar-refractivity contribution >= 4 is 34.7 Å². The van der Waals surface area contributed by atoms with Crippen LogP contribution in [0.4, 0.5) is 5.69 Å². The van der Waals surface area contributed by atoms with Crippen LogP contribution in [-0.4, -0.2) is 36.7 Å². The van der Waals surface area contributed by atoms with Gasteiger partial charge in [-0.1, -0.05) is 24.3 Å². The van der Waals surface area contributed by atoms with E-state index in [1.54, 1.807) is 66.8 Å². The molecule has 6 nitrogen and oxygen atoms in total. The normalized spacial score (nSPS) is 10.3. The van der Waals surface area contributed by atoms with Crippen LogP contribution in [-0.2, 0) is 6.54 Å². The van der Waals surface area contributed by atoms with Gasteiger partial charge in [-0.3, -0.25) is 14.4 Å². The van der Waals surface area contributed by atoms with Crippen molar-refractivity contribution in [2.45, 2.75) is 6.54 Å². The van der Waals surface area contributed by atoms with Crippen LogP contribution in [0, 0.1) is 0 Å². The second kappa shape index (κ2) is 9.16. The maximum Gasteiger partial charge on any atom is 0.256 e. The second-order valence-electron chi connectivity index (χ2n) is 6.45. The number of nitrogens with zero attached hydrogens (tertiary/aromatic N) is 1. The molecule has 0 unspecified atom stereocenters. The molecular formula is C22H21N3O3S. The van der Waals surface area contributed by atoms with Crippen molar-refractivity contribution in [2.24, 2.45) is 0 Å². The molecule has 29 heavy (non-hydrogen) atoms. The summed E-state index contributed by atoms with van der Waals surface area (Å²) >= 11 is 1.44. The summed E-state index contributed by atoms with van der Waals surface area (Å²) in [6.07, 6.45) is 0. The number of amides is 3. The molecule has 0 saturated carbocycles. The molecule has 0 radical (unpaired) electrons. The quantitative estimate of drug-likeness (QED) is 0.655. The fraction of sp³-hybridized carbons (Fsp3) is 0.136. The predicted octanol–water partition coefficient (Wildman–Crippen LogP) is 3.63. The lowest BCUT2D eigenvalue weighted by atomic mass is 10.1. The zero-order valence-corrected chi connectivity index (χ0v) is 17.0. The Hall–Kier alpha value is -3.45. The van der Waals surface area contributed by atoms with E-state index in [1.807, 2.05) is 17.5 Å². The number of carbonyl (C=O) groups is 3. The number of para-hydroxylation sites is 1. The average molecular weight is 407 g/mol. The number of rotatable bonds is 6. The third kappa shape index (κ3) is 4.89. The summed E-state index contributed by atoms with van der Waals surface area (Å²) in [4.78, 5) is 38.5. The van der Waals surface area contributed by atoms with Gasteiger partial charge in [0.05, 0.1) is 16.8 Å². The minimum absolute atomic E-state index is 0.156. The van der Waals surface area contributed by atoms with E-state index < -0.39 is 0 Å². The minimum Gasteiger partial charge on any atom is -0.355 e. The van der Waals surface area contributed by atoms with Gasteiger partial charge in [-0.25, -0.2) is 0 Å². The molecule has 2 N–H and O–H groups in total. The summed E-state index contributed by atoms with van der Waals surface area (Å²) in [7, 11) is 3.28. The van der Waals surface area contributed by atoms with Gasteiger partial charge >= 0.3 is 0 Å². The second-order valence-corrected chi connectivity index (χ2v) is 7.23. The van der Waals surface area contributed by atoms with E-state index in [-0.39, 0.29) is 17.7 Å². The molecule has 3 amide bonds. The third-order valence-electron chi connectivity index (χ3n) is 4.40. The lowest BCUT2D eigenvalue weighted by molar-refractivity contribution is 0.0785. The van der Waals surface area contributed by atoms with Crippen LogP contribution in [0.1, 0.15) is 36.6 Å². The highest BCUT2D eigenvalue weighted by Gasteiger charge is 2.18. The first kappa shape index (κ1) is 20.3. The first-order valence-electron chi connectivity index (χ1n) is 8.98.